The quantitative estimate of drug-likeness (QED) is 0.705. The van der Waals surface area contributed by atoms with Crippen LogP contribution in [0.15, 0.2) is 0 Å². The van der Waals surface area contributed by atoms with Crippen LogP contribution in [0.3, 0.4) is 0 Å². The first kappa shape index (κ1) is 13.5. The standard InChI is InChI=1S/C12H24N2O2/c1-3-14(2)11(16)6-9-13-12(10-15)7-4-5-8-12/h13,15H,3-10H2,1-2H3. The number of nitrogens with zero attached hydrogens (tertiary/aromatic N) is 1. The van der Waals surface area contributed by atoms with Gasteiger partial charge in [-0.3, -0.25) is 4.79 Å². The summed E-state index contributed by atoms with van der Waals surface area (Å²) in [5, 5.41) is 12.7. The van der Waals surface area contributed by atoms with Crippen molar-refractivity contribution in [2.24, 2.45) is 0 Å². The second kappa shape index (κ2) is 6.21. The Balaban J connectivity index is 2.26. The summed E-state index contributed by atoms with van der Waals surface area (Å²) in [7, 11) is 1.82. The molecule has 0 atom stereocenters. The molecule has 16 heavy (non-hydrogen) atoms. The van der Waals surface area contributed by atoms with Crippen molar-refractivity contribution in [1.29, 1.82) is 0 Å². The highest BCUT2D eigenvalue weighted by Gasteiger charge is 2.32. The van der Waals surface area contributed by atoms with Crippen LogP contribution < -0.4 is 5.32 Å². The molecule has 0 heterocycles. The van der Waals surface area contributed by atoms with Gasteiger partial charge in [0, 0.05) is 32.1 Å². The van der Waals surface area contributed by atoms with Crippen LogP contribution >= 0.6 is 0 Å². The highest BCUT2D eigenvalue weighted by molar-refractivity contribution is 5.75. The normalized spacial score (nSPS) is 18.7. The summed E-state index contributed by atoms with van der Waals surface area (Å²) >= 11 is 0. The Labute approximate surface area is 98.0 Å². The number of aliphatic hydroxyl groups is 1. The highest BCUT2D eigenvalue weighted by atomic mass is 16.3. The van der Waals surface area contributed by atoms with Gasteiger partial charge in [-0.15, -0.1) is 0 Å². The Kier molecular flexibility index (Phi) is 5.22. The van der Waals surface area contributed by atoms with Gasteiger partial charge in [0.15, 0.2) is 0 Å². The molecule has 0 radical (unpaired) electrons. The van der Waals surface area contributed by atoms with Gasteiger partial charge < -0.3 is 15.3 Å². The summed E-state index contributed by atoms with van der Waals surface area (Å²) in [5.74, 6) is 0.168. The largest absolute Gasteiger partial charge is 0.394 e. The van der Waals surface area contributed by atoms with E-state index >= 15 is 0 Å². The monoisotopic (exact) mass is 228 g/mol. The molecule has 1 aliphatic carbocycles. The molecule has 1 aliphatic rings. The van der Waals surface area contributed by atoms with E-state index in [9.17, 15) is 9.90 Å². The van der Waals surface area contributed by atoms with Gasteiger partial charge >= 0.3 is 0 Å². The molecule has 4 heteroatoms. The zero-order valence-corrected chi connectivity index (χ0v) is 10.5. The maximum absolute atomic E-state index is 11.6. The van der Waals surface area contributed by atoms with Gasteiger partial charge in [-0.25, -0.2) is 0 Å². The molecular formula is C12H24N2O2. The number of carbonyl (C=O) groups is 1. The molecular weight excluding hydrogens is 204 g/mol. The summed E-state index contributed by atoms with van der Waals surface area (Å²) < 4.78 is 0. The van der Waals surface area contributed by atoms with Crippen LogP contribution in [0.1, 0.15) is 39.0 Å². The topological polar surface area (TPSA) is 52.6 Å². The van der Waals surface area contributed by atoms with Gasteiger partial charge in [-0.05, 0) is 19.8 Å². The van der Waals surface area contributed by atoms with Gasteiger partial charge in [0.05, 0.1) is 6.61 Å². The second-order valence-electron chi connectivity index (χ2n) is 4.73. The van der Waals surface area contributed by atoms with Crippen LogP contribution in [0, 0.1) is 0 Å². The van der Waals surface area contributed by atoms with Crippen LogP contribution in [0.25, 0.3) is 0 Å². The van der Waals surface area contributed by atoms with Gasteiger partial charge in [0.2, 0.25) is 5.91 Å². The van der Waals surface area contributed by atoms with E-state index in [0.717, 1.165) is 19.4 Å². The molecule has 0 spiro atoms. The van der Waals surface area contributed by atoms with Crippen LogP contribution in [0.5, 0.6) is 0 Å². The second-order valence-corrected chi connectivity index (χ2v) is 4.73. The predicted octanol–water partition coefficient (Wildman–Crippen LogP) is 0.749. The average molecular weight is 228 g/mol. The van der Waals surface area contributed by atoms with Crippen LogP contribution in [-0.2, 0) is 4.79 Å². The molecule has 1 amide bonds. The summed E-state index contributed by atoms with van der Waals surface area (Å²) in [4.78, 5) is 13.3. The number of hydrogen-bond donors (Lipinski definition) is 2. The lowest BCUT2D eigenvalue weighted by Crippen LogP contribution is -2.47. The van der Waals surface area contributed by atoms with Crippen molar-refractivity contribution in [3.63, 3.8) is 0 Å². The van der Waals surface area contributed by atoms with Crippen molar-refractivity contribution in [2.75, 3.05) is 26.7 Å². The number of amides is 1. The summed E-state index contributed by atoms with van der Waals surface area (Å²) in [5.41, 5.74) is -0.106. The lowest BCUT2D eigenvalue weighted by Gasteiger charge is -2.28. The fourth-order valence-corrected chi connectivity index (χ4v) is 2.24. The maximum Gasteiger partial charge on any atom is 0.223 e. The third-order valence-corrected chi connectivity index (χ3v) is 3.60. The van der Waals surface area contributed by atoms with E-state index < -0.39 is 0 Å². The molecule has 4 nitrogen and oxygen atoms in total. The molecule has 94 valence electrons. The van der Waals surface area contributed by atoms with E-state index in [1.807, 2.05) is 14.0 Å². The average Bonchev–Trinajstić information content (AvgIpc) is 2.77. The van der Waals surface area contributed by atoms with Gasteiger partial charge in [0.25, 0.3) is 0 Å². The van der Waals surface area contributed by atoms with Gasteiger partial charge in [-0.2, -0.15) is 0 Å². The van der Waals surface area contributed by atoms with Crippen molar-refractivity contribution in [1.82, 2.24) is 10.2 Å². The minimum absolute atomic E-state index is 0.106. The molecule has 0 aromatic carbocycles. The SMILES string of the molecule is CCN(C)C(=O)CCNC1(CO)CCCC1. The van der Waals surface area contributed by atoms with E-state index in [-0.39, 0.29) is 18.1 Å². The molecule has 1 rings (SSSR count). The van der Waals surface area contributed by atoms with Crippen LogP contribution in [0.2, 0.25) is 0 Å². The van der Waals surface area contributed by atoms with Crippen molar-refractivity contribution in [3.8, 4) is 0 Å². The Bertz CT molecular complexity index is 225. The smallest absolute Gasteiger partial charge is 0.223 e. The fourth-order valence-electron chi connectivity index (χ4n) is 2.24. The van der Waals surface area contributed by atoms with E-state index in [2.05, 4.69) is 5.32 Å². The van der Waals surface area contributed by atoms with Gasteiger partial charge in [0.1, 0.15) is 0 Å². The van der Waals surface area contributed by atoms with Crippen molar-refractivity contribution in [3.05, 3.63) is 0 Å². The van der Waals surface area contributed by atoms with E-state index in [4.69, 9.17) is 0 Å². The van der Waals surface area contributed by atoms with Crippen molar-refractivity contribution in [2.45, 2.75) is 44.6 Å². The minimum Gasteiger partial charge on any atom is -0.394 e. The minimum atomic E-state index is -0.106. The van der Waals surface area contributed by atoms with Crippen molar-refractivity contribution < 1.29 is 9.90 Å². The third-order valence-electron chi connectivity index (χ3n) is 3.60. The molecule has 2 N–H and O–H groups in total. The Hall–Kier alpha value is -0.610. The maximum atomic E-state index is 11.6. The van der Waals surface area contributed by atoms with Crippen molar-refractivity contribution >= 4 is 5.91 Å². The molecule has 0 aromatic heterocycles. The predicted molar refractivity (Wildman–Crippen MR) is 64.2 cm³/mol. The van der Waals surface area contributed by atoms with E-state index in [0.29, 0.717) is 13.0 Å². The lowest BCUT2D eigenvalue weighted by molar-refractivity contribution is -0.129. The number of nitrogens with one attached hydrogen (secondary N) is 1. The Morgan fingerprint density at radius 1 is 1.44 bits per heavy atom. The highest BCUT2D eigenvalue weighted by Crippen LogP contribution is 2.28. The summed E-state index contributed by atoms with van der Waals surface area (Å²) in [6, 6.07) is 0. The molecule has 0 aromatic rings. The first-order chi connectivity index (χ1) is 7.63. The molecule has 0 saturated heterocycles. The molecule has 0 bridgehead atoms. The molecule has 1 fully saturated rings. The molecule has 1 saturated carbocycles. The van der Waals surface area contributed by atoms with E-state index in [1.54, 1.807) is 4.90 Å². The first-order valence-electron chi connectivity index (χ1n) is 6.23. The zero-order chi connectivity index (χ0) is 12.0. The number of carbonyl (C=O) groups excluding carboxylic acids is 1. The summed E-state index contributed by atoms with van der Waals surface area (Å²) in [6.45, 7) is 3.58. The van der Waals surface area contributed by atoms with Crippen LogP contribution in [-0.4, -0.2) is 48.2 Å². The van der Waals surface area contributed by atoms with Gasteiger partial charge in [-0.1, -0.05) is 12.8 Å². The lowest BCUT2D eigenvalue weighted by atomic mass is 9.99. The Morgan fingerprint density at radius 3 is 2.56 bits per heavy atom. The van der Waals surface area contributed by atoms with Crippen LogP contribution in [0.4, 0.5) is 0 Å². The number of rotatable bonds is 6. The Morgan fingerprint density at radius 2 is 2.06 bits per heavy atom. The third kappa shape index (κ3) is 3.46. The first-order valence-corrected chi connectivity index (χ1v) is 6.23. The number of aliphatic hydroxyl groups excluding tert-OH is 1. The molecule has 0 unspecified atom stereocenters. The number of hydrogen-bond acceptors (Lipinski definition) is 3. The zero-order valence-electron chi connectivity index (χ0n) is 10.5. The van der Waals surface area contributed by atoms with E-state index in [1.165, 1.54) is 12.8 Å². The molecule has 0 aliphatic heterocycles. The fraction of sp³-hybridized carbons (Fsp3) is 0.917. The summed E-state index contributed by atoms with van der Waals surface area (Å²) in [6.07, 6.45) is 4.93.